The maximum Gasteiger partial charge on any atom is 0.242 e. The fraction of sp³-hybridized carbons (Fsp3) is 0.455. The van der Waals surface area contributed by atoms with Gasteiger partial charge in [-0.05, 0) is 25.3 Å². The highest BCUT2D eigenvalue weighted by atomic mass is 35.5. The van der Waals surface area contributed by atoms with E-state index in [2.05, 4.69) is 4.72 Å². The quantitative estimate of drug-likeness (QED) is 0.832. The predicted molar refractivity (Wildman–Crippen MR) is 82.5 cm³/mol. The summed E-state index contributed by atoms with van der Waals surface area (Å²) >= 11 is 13.6. The molecule has 0 aliphatic rings. The first kappa shape index (κ1) is 17.1. The van der Waals surface area contributed by atoms with Crippen LogP contribution in [0.5, 0.6) is 0 Å². The SMILES string of the molecule is CSCC(C)NS(=O)(=O)c1ccc(Cl)c(CN)c1Cl. The molecule has 0 radical (unpaired) electrons. The standard InChI is InChI=1S/C11H16Cl2N2O2S2/c1-7(6-18-2)15-19(16,17)10-4-3-9(12)8(5-14)11(10)13/h3-4,7,15H,5-6,14H2,1-2H3. The van der Waals surface area contributed by atoms with E-state index in [0.29, 0.717) is 16.3 Å². The van der Waals surface area contributed by atoms with Gasteiger partial charge in [-0.2, -0.15) is 11.8 Å². The van der Waals surface area contributed by atoms with Crippen LogP contribution in [0.1, 0.15) is 12.5 Å². The van der Waals surface area contributed by atoms with E-state index in [1.807, 2.05) is 6.26 Å². The van der Waals surface area contributed by atoms with Gasteiger partial charge in [0, 0.05) is 28.9 Å². The van der Waals surface area contributed by atoms with E-state index in [9.17, 15) is 8.42 Å². The largest absolute Gasteiger partial charge is 0.326 e. The second-order valence-electron chi connectivity index (χ2n) is 4.02. The fourth-order valence-electron chi connectivity index (χ4n) is 1.58. The van der Waals surface area contributed by atoms with Gasteiger partial charge in [0.2, 0.25) is 10.0 Å². The first-order chi connectivity index (χ1) is 8.83. The molecule has 108 valence electrons. The second-order valence-corrected chi connectivity index (χ2v) is 7.40. The van der Waals surface area contributed by atoms with Crippen LogP contribution < -0.4 is 10.5 Å². The van der Waals surface area contributed by atoms with Crippen molar-refractivity contribution >= 4 is 45.0 Å². The molecule has 0 aliphatic carbocycles. The van der Waals surface area contributed by atoms with Crippen molar-refractivity contribution in [3.63, 3.8) is 0 Å². The Bertz CT molecular complexity index is 550. The lowest BCUT2D eigenvalue weighted by Gasteiger charge is -2.15. The van der Waals surface area contributed by atoms with E-state index in [1.165, 1.54) is 12.1 Å². The van der Waals surface area contributed by atoms with Crippen molar-refractivity contribution in [3.05, 3.63) is 27.7 Å². The monoisotopic (exact) mass is 342 g/mol. The molecule has 0 fully saturated rings. The summed E-state index contributed by atoms with van der Waals surface area (Å²) in [5.74, 6) is 0.675. The number of sulfonamides is 1. The molecule has 0 bridgehead atoms. The first-order valence-electron chi connectivity index (χ1n) is 5.51. The number of nitrogens with one attached hydrogen (secondary N) is 1. The van der Waals surface area contributed by atoms with Crippen molar-refractivity contribution in [1.29, 1.82) is 0 Å². The number of halogens is 2. The zero-order valence-corrected chi connectivity index (χ0v) is 13.8. The molecule has 0 saturated carbocycles. The van der Waals surface area contributed by atoms with Gasteiger partial charge in [-0.3, -0.25) is 0 Å². The molecule has 1 atom stereocenters. The van der Waals surface area contributed by atoms with Crippen molar-refractivity contribution in [2.45, 2.75) is 24.4 Å². The van der Waals surface area contributed by atoms with Gasteiger partial charge in [-0.15, -0.1) is 0 Å². The summed E-state index contributed by atoms with van der Waals surface area (Å²) in [6.07, 6.45) is 1.91. The van der Waals surface area contributed by atoms with Gasteiger partial charge in [-0.1, -0.05) is 23.2 Å². The Morgan fingerprint density at radius 3 is 2.58 bits per heavy atom. The van der Waals surface area contributed by atoms with E-state index >= 15 is 0 Å². The van der Waals surface area contributed by atoms with Crippen molar-refractivity contribution in [2.75, 3.05) is 12.0 Å². The Balaban J connectivity index is 3.15. The average molecular weight is 343 g/mol. The Morgan fingerprint density at radius 2 is 2.05 bits per heavy atom. The summed E-state index contributed by atoms with van der Waals surface area (Å²) in [4.78, 5) is 0.00645. The highest BCUT2D eigenvalue weighted by Crippen LogP contribution is 2.30. The highest BCUT2D eigenvalue weighted by Gasteiger charge is 2.22. The third-order valence-corrected chi connectivity index (χ3v) is 5.78. The molecule has 1 aromatic rings. The van der Waals surface area contributed by atoms with Crippen molar-refractivity contribution in [2.24, 2.45) is 5.73 Å². The minimum absolute atomic E-state index is 0.00645. The van der Waals surface area contributed by atoms with Crippen LogP contribution in [-0.2, 0) is 16.6 Å². The maximum atomic E-state index is 12.2. The van der Waals surface area contributed by atoms with Gasteiger partial charge in [0.1, 0.15) is 4.90 Å². The number of thioether (sulfide) groups is 1. The zero-order chi connectivity index (χ0) is 14.6. The Labute approximate surface area is 128 Å². The van der Waals surface area contributed by atoms with E-state index in [-0.39, 0.29) is 22.5 Å². The molecular formula is C11H16Cl2N2O2S2. The van der Waals surface area contributed by atoms with Gasteiger partial charge in [0.25, 0.3) is 0 Å². The fourth-order valence-corrected chi connectivity index (χ4v) is 4.45. The topological polar surface area (TPSA) is 72.2 Å². The lowest BCUT2D eigenvalue weighted by atomic mass is 10.2. The van der Waals surface area contributed by atoms with Crippen LogP contribution in [0.3, 0.4) is 0 Å². The van der Waals surface area contributed by atoms with Crippen molar-refractivity contribution in [1.82, 2.24) is 4.72 Å². The van der Waals surface area contributed by atoms with E-state index in [0.717, 1.165) is 0 Å². The van der Waals surface area contributed by atoms with Crippen LogP contribution in [-0.4, -0.2) is 26.5 Å². The van der Waals surface area contributed by atoms with Crippen LogP contribution in [0.25, 0.3) is 0 Å². The Kier molecular flexibility index (Phi) is 6.42. The van der Waals surface area contributed by atoms with Crippen LogP contribution in [0.4, 0.5) is 0 Å². The summed E-state index contributed by atoms with van der Waals surface area (Å²) in [7, 11) is -3.67. The molecule has 0 spiro atoms. The normalized spacial score (nSPS) is 13.5. The first-order valence-corrected chi connectivity index (χ1v) is 9.15. The molecule has 1 rings (SSSR count). The van der Waals surface area contributed by atoms with Crippen LogP contribution in [0, 0.1) is 0 Å². The summed E-state index contributed by atoms with van der Waals surface area (Å²) in [5, 5.41) is 0.447. The molecule has 8 heteroatoms. The lowest BCUT2D eigenvalue weighted by molar-refractivity contribution is 0.571. The number of hydrogen-bond donors (Lipinski definition) is 2. The maximum absolute atomic E-state index is 12.2. The van der Waals surface area contributed by atoms with E-state index < -0.39 is 10.0 Å². The highest BCUT2D eigenvalue weighted by molar-refractivity contribution is 7.98. The molecule has 1 unspecified atom stereocenters. The smallest absolute Gasteiger partial charge is 0.242 e. The van der Waals surface area contributed by atoms with Crippen LogP contribution in [0.15, 0.2) is 17.0 Å². The molecule has 0 saturated heterocycles. The van der Waals surface area contributed by atoms with Gasteiger partial charge >= 0.3 is 0 Å². The summed E-state index contributed by atoms with van der Waals surface area (Å²) in [5.41, 5.74) is 5.96. The summed E-state index contributed by atoms with van der Waals surface area (Å²) in [6.45, 7) is 1.88. The summed E-state index contributed by atoms with van der Waals surface area (Å²) in [6, 6.07) is 2.69. The number of rotatable bonds is 6. The van der Waals surface area contributed by atoms with Gasteiger partial charge in [-0.25, -0.2) is 13.1 Å². The minimum atomic E-state index is -3.67. The van der Waals surface area contributed by atoms with Crippen molar-refractivity contribution in [3.8, 4) is 0 Å². The van der Waals surface area contributed by atoms with Gasteiger partial charge in [0.05, 0.1) is 5.02 Å². The third kappa shape index (κ3) is 4.24. The molecule has 19 heavy (non-hydrogen) atoms. The van der Waals surface area contributed by atoms with Gasteiger partial charge in [0.15, 0.2) is 0 Å². The molecule has 0 amide bonds. The van der Waals surface area contributed by atoms with E-state index in [4.69, 9.17) is 28.9 Å². The third-order valence-electron chi connectivity index (χ3n) is 2.42. The molecule has 3 N–H and O–H groups in total. The number of hydrogen-bond acceptors (Lipinski definition) is 4. The van der Waals surface area contributed by atoms with E-state index in [1.54, 1.807) is 18.7 Å². The van der Waals surface area contributed by atoms with Crippen LogP contribution >= 0.6 is 35.0 Å². The average Bonchev–Trinajstić information content (AvgIpc) is 2.28. The zero-order valence-electron chi connectivity index (χ0n) is 10.6. The molecule has 4 nitrogen and oxygen atoms in total. The molecule has 0 aliphatic heterocycles. The molecule has 1 aromatic carbocycles. The number of nitrogens with two attached hydrogens (primary N) is 1. The molecule has 0 aromatic heterocycles. The molecule has 0 heterocycles. The predicted octanol–water partition coefficient (Wildman–Crippen LogP) is 2.48. The lowest BCUT2D eigenvalue weighted by Crippen LogP contribution is -2.34. The second kappa shape index (κ2) is 7.15. The summed E-state index contributed by atoms with van der Waals surface area (Å²) < 4.78 is 27.0. The Hall–Kier alpha value is 0.0200. The Morgan fingerprint density at radius 1 is 1.42 bits per heavy atom. The van der Waals surface area contributed by atoms with Crippen LogP contribution in [0.2, 0.25) is 10.0 Å². The van der Waals surface area contributed by atoms with Gasteiger partial charge < -0.3 is 5.73 Å². The minimum Gasteiger partial charge on any atom is -0.326 e. The molecular weight excluding hydrogens is 327 g/mol. The number of benzene rings is 1. The van der Waals surface area contributed by atoms with Crippen molar-refractivity contribution < 1.29 is 8.42 Å².